The van der Waals surface area contributed by atoms with Crippen LogP contribution in [-0.2, 0) is 4.79 Å². The summed E-state index contributed by atoms with van der Waals surface area (Å²) in [7, 11) is 1.64. The van der Waals surface area contributed by atoms with E-state index in [0.717, 1.165) is 24.4 Å². The normalized spacial score (nSPS) is 17.1. The Hall–Kier alpha value is -1.55. The van der Waals surface area contributed by atoms with Crippen LogP contribution < -0.4 is 15.4 Å². The Kier molecular flexibility index (Phi) is 3.64. The van der Waals surface area contributed by atoms with Gasteiger partial charge >= 0.3 is 0 Å². The van der Waals surface area contributed by atoms with Crippen LogP contribution in [0, 0.1) is 5.92 Å². The minimum atomic E-state index is 0.0361. The highest BCUT2D eigenvalue weighted by atomic mass is 16.5. The first kappa shape index (κ1) is 11.9. The van der Waals surface area contributed by atoms with Crippen molar-refractivity contribution >= 4 is 5.91 Å². The molecule has 0 aliphatic carbocycles. The fraction of sp³-hybridized carbons (Fsp3) is 0.462. The van der Waals surface area contributed by atoms with Crippen molar-refractivity contribution in [1.29, 1.82) is 0 Å². The summed E-state index contributed by atoms with van der Waals surface area (Å²) in [6.45, 7) is 3.58. The lowest BCUT2D eigenvalue weighted by molar-refractivity contribution is -0.127. The van der Waals surface area contributed by atoms with Crippen molar-refractivity contribution < 1.29 is 9.53 Å². The molecule has 0 aromatic heterocycles. The average molecular weight is 234 g/mol. The van der Waals surface area contributed by atoms with Crippen LogP contribution in [0.2, 0.25) is 0 Å². The number of amides is 1. The first-order valence-electron chi connectivity index (χ1n) is 5.85. The molecule has 1 saturated heterocycles. The molecule has 1 aliphatic rings. The van der Waals surface area contributed by atoms with E-state index in [-0.39, 0.29) is 17.9 Å². The average Bonchev–Trinajstić information content (AvgIpc) is 2.26. The third kappa shape index (κ3) is 2.77. The summed E-state index contributed by atoms with van der Waals surface area (Å²) in [6, 6.07) is 7.80. The maximum absolute atomic E-state index is 11.8. The van der Waals surface area contributed by atoms with Crippen molar-refractivity contribution in [2.75, 3.05) is 20.2 Å². The third-order valence-corrected chi connectivity index (χ3v) is 3.13. The van der Waals surface area contributed by atoms with Crippen LogP contribution in [0.5, 0.6) is 5.75 Å². The molecule has 1 fully saturated rings. The summed E-state index contributed by atoms with van der Waals surface area (Å²) in [4.78, 5) is 11.8. The molecule has 1 aromatic carbocycles. The lowest BCUT2D eigenvalue weighted by atomic mass is 10.0. The highest BCUT2D eigenvalue weighted by Crippen LogP contribution is 2.17. The largest absolute Gasteiger partial charge is 0.497 e. The molecule has 92 valence electrons. The van der Waals surface area contributed by atoms with Gasteiger partial charge in [0.15, 0.2) is 0 Å². The van der Waals surface area contributed by atoms with Crippen molar-refractivity contribution in [2.24, 2.45) is 5.92 Å². The lowest BCUT2D eigenvalue weighted by Gasteiger charge is -2.27. The molecular formula is C13H18N2O2. The molecule has 1 aromatic rings. The van der Waals surface area contributed by atoms with Gasteiger partial charge in [0.25, 0.3) is 0 Å². The van der Waals surface area contributed by atoms with Gasteiger partial charge in [-0.15, -0.1) is 0 Å². The highest BCUT2D eigenvalue weighted by Gasteiger charge is 2.25. The number of ether oxygens (including phenoxy) is 1. The Bertz CT molecular complexity index is 385. The van der Waals surface area contributed by atoms with Crippen LogP contribution in [0.15, 0.2) is 24.3 Å². The molecule has 1 heterocycles. The Balaban J connectivity index is 1.93. The zero-order chi connectivity index (χ0) is 12.3. The van der Waals surface area contributed by atoms with Crippen molar-refractivity contribution in [2.45, 2.75) is 13.0 Å². The number of hydrogen-bond donors (Lipinski definition) is 2. The molecule has 0 spiro atoms. The molecule has 4 nitrogen and oxygen atoms in total. The minimum Gasteiger partial charge on any atom is -0.497 e. The Morgan fingerprint density at radius 1 is 1.41 bits per heavy atom. The fourth-order valence-corrected chi connectivity index (χ4v) is 1.78. The summed E-state index contributed by atoms with van der Waals surface area (Å²) in [5, 5.41) is 6.11. The van der Waals surface area contributed by atoms with Gasteiger partial charge in [-0.2, -0.15) is 0 Å². The summed E-state index contributed by atoms with van der Waals surface area (Å²) in [5.41, 5.74) is 1.09. The van der Waals surface area contributed by atoms with Gasteiger partial charge in [-0.3, -0.25) is 4.79 Å². The van der Waals surface area contributed by atoms with Gasteiger partial charge in [0.1, 0.15) is 5.75 Å². The predicted octanol–water partition coefficient (Wildman–Crippen LogP) is 1.09. The third-order valence-electron chi connectivity index (χ3n) is 3.13. The first-order chi connectivity index (χ1) is 8.20. The summed E-state index contributed by atoms with van der Waals surface area (Å²) in [6.07, 6.45) is 0. The fourth-order valence-electron chi connectivity index (χ4n) is 1.78. The highest BCUT2D eigenvalue weighted by molar-refractivity contribution is 5.80. The van der Waals surface area contributed by atoms with E-state index in [4.69, 9.17) is 4.74 Å². The predicted molar refractivity (Wildman–Crippen MR) is 65.9 cm³/mol. The van der Waals surface area contributed by atoms with E-state index in [0.29, 0.717) is 0 Å². The molecule has 1 amide bonds. The van der Waals surface area contributed by atoms with E-state index in [1.807, 2.05) is 31.2 Å². The van der Waals surface area contributed by atoms with Gasteiger partial charge in [0, 0.05) is 13.1 Å². The number of carbonyl (C=O) groups is 1. The topological polar surface area (TPSA) is 50.4 Å². The molecule has 17 heavy (non-hydrogen) atoms. The summed E-state index contributed by atoms with van der Waals surface area (Å²) in [5.74, 6) is 1.10. The first-order valence-corrected chi connectivity index (χ1v) is 5.85. The minimum absolute atomic E-state index is 0.0361. The van der Waals surface area contributed by atoms with Crippen molar-refractivity contribution in [3.05, 3.63) is 29.8 Å². The van der Waals surface area contributed by atoms with Crippen LogP contribution in [0.25, 0.3) is 0 Å². The van der Waals surface area contributed by atoms with Gasteiger partial charge in [-0.1, -0.05) is 12.1 Å². The van der Waals surface area contributed by atoms with Crippen LogP contribution in [-0.4, -0.2) is 26.1 Å². The summed E-state index contributed by atoms with van der Waals surface area (Å²) >= 11 is 0. The van der Waals surface area contributed by atoms with Crippen molar-refractivity contribution in [1.82, 2.24) is 10.6 Å². The van der Waals surface area contributed by atoms with Crippen LogP contribution in [0.3, 0.4) is 0 Å². The van der Waals surface area contributed by atoms with E-state index < -0.39 is 0 Å². The second kappa shape index (κ2) is 5.19. The molecule has 4 heteroatoms. The standard InChI is InChI=1S/C13H18N2O2/c1-9(15-13(16)11-7-14-8-11)10-3-5-12(17-2)6-4-10/h3-6,9,11,14H,7-8H2,1-2H3,(H,15,16). The number of rotatable bonds is 4. The number of methoxy groups -OCH3 is 1. The zero-order valence-electron chi connectivity index (χ0n) is 10.2. The quantitative estimate of drug-likeness (QED) is 0.820. The van der Waals surface area contributed by atoms with Crippen LogP contribution in [0.1, 0.15) is 18.5 Å². The van der Waals surface area contributed by atoms with Gasteiger partial charge in [0.2, 0.25) is 5.91 Å². The Labute approximate surface area is 101 Å². The van der Waals surface area contributed by atoms with Gasteiger partial charge < -0.3 is 15.4 Å². The lowest BCUT2D eigenvalue weighted by Crippen LogP contribution is -2.51. The smallest absolute Gasteiger partial charge is 0.226 e. The molecule has 1 unspecified atom stereocenters. The Morgan fingerprint density at radius 3 is 2.53 bits per heavy atom. The van der Waals surface area contributed by atoms with Gasteiger partial charge in [-0.25, -0.2) is 0 Å². The second-order valence-corrected chi connectivity index (χ2v) is 4.36. The van der Waals surface area contributed by atoms with Crippen LogP contribution >= 0.6 is 0 Å². The number of nitrogens with one attached hydrogen (secondary N) is 2. The van der Waals surface area contributed by atoms with E-state index in [2.05, 4.69) is 10.6 Å². The second-order valence-electron chi connectivity index (χ2n) is 4.36. The van der Waals surface area contributed by atoms with Crippen molar-refractivity contribution in [3.8, 4) is 5.75 Å². The number of benzene rings is 1. The summed E-state index contributed by atoms with van der Waals surface area (Å²) < 4.78 is 5.10. The molecule has 2 N–H and O–H groups in total. The monoisotopic (exact) mass is 234 g/mol. The van der Waals surface area contributed by atoms with E-state index >= 15 is 0 Å². The molecule has 0 saturated carbocycles. The SMILES string of the molecule is COc1ccc(C(C)NC(=O)C2CNC2)cc1. The van der Waals surface area contributed by atoms with Gasteiger partial charge in [-0.05, 0) is 24.6 Å². The van der Waals surface area contributed by atoms with Gasteiger partial charge in [0.05, 0.1) is 19.1 Å². The van der Waals surface area contributed by atoms with Crippen molar-refractivity contribution in [3.63, 3.8) is 0 Å². The maximum Gasteiger partial charge on any atom is 0.226 e. The molecule has 2 rings (SSSR count). The van der Waals surface area contributed by atoms with E-state index in [9.17, 15) is 4.79 Å². The molecular weight excluding hydrogens is 216 g/mol. The number of hydrogen-bond acceptors (Lipinski definition) is 3. The molecule has 0 bridgehead atoms. The van der Waals surface area contributed by atoms with E-state index in [1.165, 1.54) is 0 Å². The molecule has 1 atom stereocenters. The molecule has 0 radical (unpaired) electrons. The number of carbonyl (C=O) groups excluding carboxylic acids is 1. The van der Waals surface area contributed by atoms with E-state index in [1.54, 1.807) is 7.11 Å². The Morgan fingerprint density at radius 2 is 2.06 bits per heavy atom. The zero-order valence-corrected chi connectivity index (χ0v) is 10.2. The maximum atomic E-state index is 11.8. The van der Waals surface area contributed by atoms with Crippen LogP contribution in [0.4, 0.5) is 0 Å². The molecule has 1 aliphatic heterocycles.